The number of hydrogen-bond donors (Lipinski definition) is 1. The van der Waals surface area contributed by atoms with Crippen molar-refractivity contribution in [2.24, 2.45) is 11.8 Å². The molecule has 8 heteroatoms. The number of likely N-dealkylation sites (tertiary alicyclic amines) is 2. The summed E-state index contributed by atoms with van der Waals surface area (Å²) in [5.41, 5.74) is 2.52. The van der Waals surface area contributed by atoms with Crippen molar-refractivity contribution in [3.63, 3.8) is 0 Å². The fourth-order valence-corrected chi connectivity index (χ4v) is 7.44. The third kappa shape index (κ3) is 6.28. The number of aromatic nitrogens is 4. The van der Waals surface area contributed by atoms with E-state index in [0.29, 0.717) is 24.3 Å². The molecule has 40 heavy (non-hydrogen) atoms. The lowest BCUT2D eigenvalue weighted by Gasteiger charge is -2.35. The lowest BCUT2D eigenvalue weighted by atomic mass is 9.83. The Morgan fingerprint density at radius 1 is 0.900 bits per heavy atom. The van der Waals surface area contributed by atoms with Crippen molar-refractivity contribution in [2.75, 3.05) is 32.7 Å². The van der Waals surface area contributed by atoms with Crippen LogP contribution in [0.5, 0.6) is 0 Å². The van der Waals surface area contributed by atoms with E-state index in [-0.39, 0.29) is 12.0 Å². The average Bonchev–Trinajstić information content (AvgIpc) is 3.62. The molecule has 0 amide bonds. The van der Waals surface area contributed by atoms with E-state index in [0.717, 1.165) is 77.1 Å². The zero-order valence-corrected chi connectivity index (χ0v) is 23.4. The molecule has 8 nitrogen and oxygen atoms in total. The number of hydrogen-bond acceptors (Lipinski definition) is 6. The van der Waals surface area contributed by atoms with Gasteiger partial charge in [-0.1, -0.05) is 79.9 Å². The Hall–Kier alpha value is -3.10. The number of rotatable bonds is 9. The Morgan fingerprint density at radius 3 is 2.30 bits per heavy atom. The van der Waals surface area contributed by atoms with E-state index < -0.39 is 5.97 Å². The Balaban J connectivity index is 1.09. The van der Waals surface area contributed by atoms with Gasteiger partial charge >= 0.3 is 5.97 Å². The van der Waals surface area contributed by atoms with Gasteiger partial charge in [0, 0.05) is 31.5 Å². The Labute approximate surface area is 237 Å². The van der Waals surface area contributed by atoms with Crippen LogP contribution in [0.25, 0.3) is 0 Å². The zero-order chi connectivity index (χ0) is 27.3. The van der Waals surface area contributed by atoms with Crippen LogP contribution >= 0.6 is 0 Å². The number of carboxylic acids is 1. The summed E-state index contributed by atoms with van der Waals surface area (Å²) in [7, 11) is 0. The summed E-state index contributed by atoms with van der Waals surface area (Å²) in [4.78, 5) is 19.1. The van der Waals surface area contributed by atoms with Crippen molar-refractivity contribution in [1.82, 2.24) is 30.0 Å². The van der Waals surface area contributed by atoms with E-state index in [1.807, 2.05) is 18.2 Å². The molecule has 2 saturated heterocycles. The smallest absolute Gasteiger partial charge is 0.321 e. The molecule has 2 aromatic carbocycles. The minimum atomic E-state index is -0.631. The van der Waals surface area contributed by atoms with E-state index in [1.165, 1.54) is 17.5 Å². The number of carboxylic acid groups (broad SMARTS) is 1. The van der Waals surface area contributed by atoms with E-state index in [9.17, 15) is 9.90 Å². The van der Waals surface area contributed by atoms with Gasteiger partial charge in [0.1, 0.15) is 6.04 Å². The number of tetrazole rings is 1. The van der Waals surface area contributed by atoms with E-state index in [1.54, 1.807) is 4.80 Å². The van der Waals surface area contributed by atoms with Gasteiger partial charge in [-0.25, -0.2) is 0 Å². The van der Waals surface area contributed by atoms with Gasteiger partial charge in [0.25, 0.3) is 0 Å². The van der Waals surface area contributed by atoms with Gasteiger partial charge in [0.15, 0.2) is 5.82 Å². The molecule has 2 unspecified atom stereocenters. The molecule has 6 rings (SSSR count). The number of nitrogens with zero attached hydrogens (tertiary/aromatic N) is 6. The number of piperidine rings is 1. The van der Waals surface area contributed by atoms with Crippen LogP contribution < -0.4 is 0 Å². The first-order valence-electron chi connectivity index (χ1n) is 15.2. The normalized spacial score (nSPS) is 24.3. The Bertz CT molecular complexity index is 1220. The molecule has 1 aliphatic carbocycles. The maximum absolute atomic E-state index is 12.5. The summed E-state index contributed by atoms with van der Waals surface area (Å²) < 4.78 is 0. The Kier molecular flexibility index (Phi) is 8.54. The average molecular weight is 543 g/mol. The maximum atomic E-state index is 12.5. The van der Waals surface area contributed by atoms with Crippen molar-refractivity contribution in [2.45, 2.75) is 69.4 Å². The second kappa shape index (κ2) is 12.6. The maximum Gasteiger partial charge on any atom is 0.321 e. The standard InChI is InChI=1S/C32H42N6O2/c39-32(40)30(26-14-8-3-9-15-26)37-22-28(29(23-37)25-12-6-2-7-13-25)21-36-18-16-27(17-19-36)31-33-35-38(34-31)20-24-10-4-1-5-11-24/h1-2,4-7,10-13,26-30H,3,8-9,14-23H2,(H,39,40)/t28?,29-,30?/m1/s1. The summed E-state index contributed by atoms with van der Waals surface area (Å²) in [6, 6.07) is 20.7. The van der Waals surface area contributed by atoms with E-state index in [2.05, 4.69) is 62.6 Å². The first-order valence-corrected chi connectivity index (χ1v) is 15.2. The van der Waals surface area contributed by atoms with Gasteiger partial charge in [-0.15, -0.1) is 10.2 Å². The molecule has 212 valence electrons. The second-order valence-electron chi connectivity index (χ2n) is 12.2. The third-order valence-corrected chi connectivity index (χ3v) is 9.52. The van der Waals surface area contributed by atoms with Crippen LogP contribution in [0.15, 0.2) is 60.7 Å². The van der Waals surface area contributed by atoms with Crippen LogP contribution in [0.1, 0.15) is 73.7 Å². The van der Waals surface area contributed by atoms with Crippen molar-refractivity contribution in [3.8, 4) is 0 Å². The molecule has 0 radical (unpaired) electrons. The third-order valence-electron chi connectivity index (χ3n) is 9.52. The van der Waals surface area contributed by atoms with Gasteiger partial charge in [-0.2, -0.15) is 4.80 Å². The molecule has 3 aromatic rings. The van der Waals surface area contributed by atoms with Crippen molar-refractivity contribution >= 4 is 5.97 Å². The molecule has 3 heterocycles. The molecule has 3 aliphatic rings. The predicted octanol–water partition coefficient (Wildman–Crippen LogP) is 4.65. The number of carbonyl (C=O) groups is 1. The summed E-state index contributed by atoms with van der Waals surface area (Å²) in [5, 5.41) is 23.7. The molecule has 1 N–H and O–H groups in total. The molecule has 3 fully saturated rings. The minimum Gasteiger partial charge on any atom is -0.480 e. The highest BCUT2D eigenvalue weighted by molar-refractivity contribution is 5.74. The SMILES string of the molecule is O=C(O)C(C1CCCCC1)N1CC(CN2CCC(c3nnn(Cc4ccccc4)n3)CC2)[C@@H](c2ccccc2)C1. The molecule has 0 spiro atoms. The van der Waals surface area contributed by atoms with Gasteiger partial charge in [-0.3, -0.25) is 9.69 Å². The van der Waals surface area contributed by atoms with Crippen LogP contribution in [-0.4, -0.2) is 79.8 Å². The minimum absolute atomic E-state index is 0.278. The summed E-state index contributed by atoms with van der Waals surface area (Å²) >= 11 is 0. The fraction of sp³-hybridized carbons (Fsp3) is 0.562. The van der Waals surface area contributed by atoms with Crippen LogP contribution in [0.3, 0.4) is 0 Å². The van der Waals surface area contributed by atoms with Crippen LogP contribution in [0, 0.1) is 11.8 Å². The van der Waals surface area contributed by atoms with Gasteiger partial charge in [0.2, 0.25) is 0 Å². The molecular weight excluding hydrogens is 500 g/mol. The summed E-state index contributed by atoms with van der Waals surface area (Å²) in [6.07, 6.45) is 7.73. The van der Waals surface area contributed by atoms with Gasteiger partial charge in [-0.05, 0) is 66.9 Å². The van der Waals surface area contributed by atoms with Crippen molar-refractivity contribution < 1.29 is 9.90 Å². The summed E-state index contributed by atoms with van der Waals surface area (Å²) in [5.74, 6) is 1.64. The Morgan fingerprint density at radius 2 is 1.60 bits per heavy atom. The largest absolute Gasteiger partial charge is 0.480 e. The molecule has 1 aromatic heterocycles. The van der Waals surface area contributed by atoms with Crippen LogP contribution in [-0.2, 0) is 11.3 Å². The highest BCUT2D eigenvalue weighted by Crippen LogP contribution is 2.39. The highest BCUT2D eigenvalue weighted by atomic mass is 16.4. The van der Waals surface area contributed by atoms with Crippen molar-refractivity contribution in [3.05, 3.63) is 77.6 Å². The van der Waals surface area contributed by atoms with Crippen LogP contribution in [0.2, 0.25) is 0 Å². The topological polar surface area (TPSA) is 87.4 Å². The quantitative estimate of drug-likeness (QED) is 0.421. The van der Waals surface area contributed by atoms with E-state index in [4.69, 9.17) is 5.10 Å². The number of aliphatic carboxylic acids is 1. The fourth-order valence-electron chi connectivity index (χ4n) is 7.44. The van der Waals surface area contributed by atoms with E-state index >= 15 is 0 Å². The molecular formula is C32H42N6O2. The number of benzene rings is 2. The first-order chi connectivity index (χ1) is 19.6. The van der Waals surface area contributed by atoms with Crippen LogP contribution in [0.4, 0.5) is 0 Å². The zero-order valence-electron chi connectivity index (χ0n) is 23.4. The lowest BCUT2D eigenvalue weighted by Crippen LogP contribution is -2.46. The van der Waals surface area contributed by atoms with Gasteiger partial charge in [0.05, 0.1) is 6.54 Å². The predicted molar refractivity (Wildman–Crippen MR) is 154 cm³/mol. The summed E-state index contributed by atoms with van der Waals surface area (Å²) in [6.45, 7) is 5.38. The molecule has 0 bridgehead atoms. The monoisotopic (exact) mass is 542 g/mol. The first kappa shape index (κ1) is 27.1. The molecule has 2 aliphatic heterocycles. The highest BCUT2D eigenvalue weighted by Gasteiger charge is 2.43. The second-order valence-corrected chi connectivity index (χ2v) is 12.2. The van der Waals surface area contributed by atoms with Gasteiger partial charge < -0.3 is 10.0 Å². The molecule has 3 atom stereocenters. The lowest BCUT2D eigenvalue weighted by molar-refractivity contribution is -0.145. The van der Waals surface area contributed by atoms with Crippen molar-refractivity contribution in [1.29, 1.82) is 0 Å². The molecule has 1 saturated carbocycles.